The third kappa shape index (κ3) is 5.13. The Morgan fingerprint density at radius 3 is 2.75 bits per heavy atom. The third-order valence-electron chi connectivity index (χ3n) is 2.75. The predicted molar refractivity (Wildman–Crippen MR) is 74.9 cm³/mol. The van der Waals surface area contributed by atoms with Crippen LogP contribution in [0.1, 0.15) is 49.4 Å². The number of pyridine rings is 1. The molecule has 1 heterocycles. The van der Waals surface area contributed by atoms with Crippen LogP contribution in [-0.2, 0) is 4.74 Å². The zero-order chi connectivity index (χ0) is 15.0. The molecule has 0 aromatic carbocycles. The Labute approximate surface area is 122 Å². The van der Waals surface area contributed by atoms with E-state index < -0.39 is 16.6 Å². The van der Waals surface area contributed by atoms with Crippen LogP contribution in [0.15, 0.2) is 12.3 Å². The zero-order valence-electron chi connectivity index (χ0n) is 11.3. The Morgan fingerprint density at radius 1 is 1.40 bits per heavy atom. The van der Waals surface area contributed by atoms with Crippen LogP contribution in [0.5, 0.6) is 0 Å². The van der Waals surface area contributed by atoms with Crippen LogP contribution in [0, 0.1) is 10.1 Å². The molecule has 0 saturated heterocycles. The maximum atomic E-state index is 11.8. The van der Waals surface area contributed by atoms with E-state index >= 15 is 0 Å². The standard InChI is InChI=1S/C13H17ClN2O4/c1-2-3-4-5-6-7-20-13(17)10-8-12(14)15-9-11(10)16(18)19/h8-9H,2-7H2,1H3. The van der Waals surface area contributed by atoms with Gasteiger partial charge in [0.2, 0.25) is 0 Å². The van der Waals surface area contributed by atoms with E-state index in [2.05, 4.69) is 11.9 Å². The molecule has 0 aliphatic rings. The lowest BCUT2D eigenvalue weighted by Crippen LogP contribution is -2.09. The highest BCUT2D eigenvalue weighted by Crippen LogP contribution is 2.21. The van der Waals surface area contributed by atoms with E-state index in [1.54, 1.807) is 0 Å². The van der Waals surface area contributed by atoms with Crippen molar-refractivity contribution in [3.05, 3.63) is 33.1 Å². The van der Waals surface area contributed by atoms with Gasteiger partial charge < -0.3 is 4.74 Å². The highest BCUT2D eigenvalue weighted by molar-refractivity contribution is 6.29. The number of carbonyl (C=O) groups excluding carboxylic acids is 1. The summed E-state index contributed by atoms with van der Waals surface area (Å²) in [6.45, 7) is 2.37. The third-order valence-corrected chi connectivity index (χ3v) is 2.95. The van der Waals surface area contributed by atoms with Crippen molar-refractivity contribution in [1.29, 1.82) is 0 Å². The van der Waals surface area contributed by atoms with Crippen LogP contribution in [0.4, 0.5) is 5.69 Å². The van der Waals surface area contributed by atoms with Crippen molar-refractivity contribution in [1.82, 2.24) is 4.98 Å². The average molecular weight is 301 g/mol. The van der Waals surface area contributed by atoms with Gasteiger partial charge >= 0.3 is 11.7 Å². The molecule has 0 N–H and O–H groups in total. The first-order chi connectivity index (χ1) is 9.56. The van der Waals surface area contributed by atoms with E-state index in [1.807, 2.05) is 0 Å². The molecule has 0 unspecified atom stereocenters. The summed E-state index contributed by atoms with van der Waals surface area (Å²) in [5.74, 6) is -0.739. The maximum Gasteiger partial charge on any atom is 0.345 e. The van der Waals surface area contributed by atoms with E-state index in [0.717, 1.165) is 44.4 Å². The lowest BCUT2D eigenvalue weighted by molar-refractivity contribution is -0.385. The Bertz CT molecular complexity index is 479. The summed E-state index contributed by atoms with van der Waals surface area (Å²) in [6.07, 6.45) is 6.06. The van der Waals surface area contributed by atoms with Crippen LogP contribution < -0.4 is 0 Å². The number of hydrogen-bond donors (Lipinski definition) is 0. The summed E-state index contributed by atoms with van der Waals surface area (Å²) in [6, 6.07) is 1.15. The first-order valence-electron chi connectivity index (χ1n) is 6.53. The topological polar surface area (TPSA) is 82.3 Å². The Balaban J connectivity index is 2.54. The number of halogens is 1. The number of ether oxygens (including phenoxy) is 1. The van der Waals surface area contributed by atoms with Gasteiger partial charge in [0, 0.05) is 0 Å². The minimum Gasteiger partial charge on any atom is -0.462 e. The van der Waals surface area contributed by atoms with E-state index in [1.165, 1.54) is 0 Å². The van der Waals surface area contributed by atoms with Crippen LogP contribution in [0.3, 0.4) is 0 Å². The van der Waals surface area contributed by atoms with Crippen molar-refractivity contribution in [3.63, 3.8) is 0 Å². The number of aromatic nitrogens is 1. The molecule has 20 heavy (non-hydrogen) atoms. The molecule has 0 saturated carbocycles. The monoisotopic (exact) mass is 300 g/mol. The van der Waals surface area contributed by atoms with Gasteiger partial charge in [-0.3, -0.25) is 10.1 Å². The van der Waals surface area contributed by atoms with Crippen LogP contribution >= 0.6 is 11.6 Å². The van der Waals surface area contributed by atoms with Crippen molar-refractivity contribution >= 4 is 23.3 Å². The molecule has 0 radical (unpaired) electrons. The summed E-state index contributed by atoms with van der Waals surface area (Å²) < 4.78 is 5.02. The number of hydrogen-bond acceptors (Lipinski definition) is 5. The lowest BCUT2D eigenvalue weighted by Gasteiger charge is -2.05. The normalized spacial score (nSPS) is 10.3. The number of carbonyl (C=O) groups is 1. The smallest absolute Gasteiger partial charge is 0.345 e. The largest absolute Gasteiger partial charge is 0.462 e. The van der Waals surface area contributed by atoms with Crippen molar-refractivity contribution in [2.45, 2.75) is 39.0 Å². The van der Waals surface area contributed by atoms with Crippen molar-refractivity contribution < 1.29 is 14.5 Å². The first-order valence-corrected chi connectivity index (χ1v) is 6.91. The lowest BCUT2D eigenvalue weighted by atomic mass is 10.2. The molecule has 0 amide bonds. The molecule has 0 fully saturated rings. The van der Waals surface area contributed by atoms with Crippen molar-refractivity contribution in [2.75, 3.05) is 6.61 Å². The van der Waals surface area contributed by atoms with Crippen molar-refractivity contribution in [3.8, 4) is 0 Å². The van der Waals surface area contributed by atoms with E-state index in [9.17, 15) is 14.9 Å². The average Bonchev–Trinajstić information content (AvgIpc) is 2.42. The summed E-state index contributed by atoms with van der Waals surface area (Å²) in [4.78, 5) is 25.5. The van der Waals surface area contributed by atoms with Crippen LogP contribution in [0.2, 0.25) is 5.15 Å². The molecule has 1 aromatic heterocycles. The number of esters is 1. The molecule has 1 aromatic rings. The minimum absolute atomic E-state index is 0.0190. The molecule has 6 nitrogen and oxygen atoms in total. The van der Waals surface area contributed by atoms with E-state index in [4.69, 9.17) is 16.3 Å². The van der Waals surface area contributed by atoms with Gasteiger partial charge in [0.05, 0.1) is 11.5 Å². The highest BCUT2D eigenvalue weighted by Gasteiger charge is 2.22. The number of rotatable bonds is 8. The minimum atomic E-state index is -0.739. The highest BCUT2D eigenvalue weighted by atomic mass is 35.5. The van der Waals surface area contributed by atoms with E-state index in [0.29, 0.717) is 0 Å². The second kappa shape index (κ2) is 8.47. The van der Waals surface area contributed by atoms with Gasteiger partial charge in [0.15, 0.2) is 0 Å². The zero-order valence-corrected chi connectivity index (χ0v) is 12.1. The van der Waals surface area contributed by atoms with Crippen LogP contribution in [0.25, 0.3) is 0 Å². The molecular formula is C13H17ClN2O4. The number of nitro groups is 1. The Morgan fingerprint density at radius 2 is 2.10 bits per heavy atom. The van der Waals surface area contributed by atoms with E-state index in [-0.39, 0.29) is 17.3 Å². The Kier molecular flexibility index (Phi) is 6.93. The fourth-order valence-electron chi connectivity index (χ4n) is 1.68. The number of nitrogens with zero attached hydrogens (tertiary/aromatic N) is 2. The molecule has 0 bridgehead atoms. The maximum absolute atomic E-state index is 11.8. The number of unbranched alkanes of at least 4 members (excludes halogenated alkanes) is 4. The SMILES string of the molecule is CCCCCCCOC(=O)c1cc(Cl)ncc1[N+](=O)[O-]. The van der Waals surface area contributed by atoms with Gasteiger partial charge in [-0.25, -0.2) is 9.78 Å². The summed E-state index contributed by atoms with van der Waals surface area (Å²) >= 11 is 5.64. The molecule has 0 spiro atoms. The van der Waals surface area contributed by atoms with Gasteiger partial charge in [-0.2, -0.15) is 0 Å². The quantitative estimate of drug-likeness (QED) is 0.240. The van der Waals surface area contributed by atoms with Gasteiger partial charge in [0.1, 0.15) is 16.9 Å². The molecule has 0 aliphatic heterocycles. The van der Waals surface area contributed by atoms with Gasteiger partial charge in [-0.05, 0) is 12.5 Å². The van der Waals surface area contributed by atoms with Gasteiger partial charge in [-0.1, -0.05) is 44.2 Å². The first kappa shape index (κ1) is 16.4. The molecule has 7 heteroatoms. The second-order valence-corrected chi connectivity index (χ2v) is 4.72. The van der Waals surface area contributed by atoms with Gasteiger partial charge in [-0.15, -0.1) is 0 Å². The molecule has 0 aliphatic carbocycles. The Hall–Kier alpha value is -1.69. The molecule has 110 valence electrons. The molecular weight excluding hydrogens is 284 g/mol. The second-order valence-electron chi connectivity index (χ2n) is 4.33. The van der Waals surface area contributed by atoms with Crippen molar-refractivity contribution in [2.24, 2.45) is 0 Å². The van der Waals surface area contributed by atoms with Gasteiger partial charge in [0.25, 0.3) is 0 Å². The fraction of sp³-hybridized carbons (Fsp3) is 0.538. The predicted octanol–water partition coefficient (Wildman–Crippen LogP) is 3.77. The summed E-state index contributed by atoms with van der Waals surface area (Å²) in [5.41, 5.74) is -0.561. The summed E-state index contributed by atoms with van der Waals surface area (Å²) in [7, 11) is 0. The van der Waals surface area contributed by atoms with Crippen LogP contribution in [-0.4, -0.2) is 22.5 Å². The summed E-state index contributed by atoms with van der Waals surface area (Å²) in [5, 5.41) is 10.8. The molecule has 1 rings (SSSR count). The molecule has 0 atom stereocenters. The fourth-order valence-corrected chi connectivity index (χ4v) is 1.84.